The third-order valence-corrected chi connectivity index (χ3v) is 3.57. The fraction of sp³-hybridized carbons (Fsp3) is 0.278. The lowest BCUT2D eigenvalue weighted by Gasteiger charge is -2.24. The van der Waals surface area contributed by atoms with Crippen LogP contribution in [0.25, 0.3) is 0 Å². The Bertz CT molecular complexity index is 554. The van der Waals surface area contributed by atoms with Crippen molar-refractivity contribution in [3.8, 4) is 0 Å². The molecule has 3 heteroatoms. The first-order valence-electron chi connectivity index (χ1n) is 7.28. The highest BCUT2D eigenvalue weighted by Gasteiger charge is 2.14. The van der Waals surface area contributed by atoms with E-state index in [9.17, 15) is 4.79 Å². The van der Waals surface area contributed by atoms with E-state index in [4.69, 9.17) is 0 Å². The molecule has 0 saturated carbocycles. The first-order valence-corrected chi connectivity index (χ1v) is 7.28. The van der Waals surface area contributed by atoms with Crippen LogP contribution in [0.4, 0.5) is 5.69 Å². The number of nitrogens with zero attached hydrogens (tertiary/aromatic N) is 2. The second kappa shape index (κ2) is 7.60. The summed E-state index contributed by atoms with van der Waals surface area (Å²) in [5.74, 6) is 0.110. The van der Waals surface area contributed by atoms with Crippen molar-refractivity contribution in [2.75, 3.05) is 25.0 Å². The van der Waals surface area contributed by atoms with E-state index in [2.05, 4.69) is 24.0 Å². The summed E-state index contributed by atoms with van der Waals surface area (Å²) in [5, 5.41) is 0. The van der Waals surface area contributed by atoms with Crippen molar-refractivity contribution in [2.45, 2.75) is 13.5 Å². The molecule has 0 unspecified atom stereocenters. The number of carbonyl (C=O) groups is 1. The molecule has 0 aliphatic rings. The van der Waals surface area contributed by atoms with Crippen LogP contribution in [0, 0.1) is 0 Å². The van der Waals surface area contributed by atoms with Gasteiger partial charge in [0.05, 0.1) is 6.54 Å². The Hall–Kier alpha value is -2.13. The van der Waals surface area contributed by atoms with Crippen LogP contribution in [0.2, 0.25) is 0 Å². The van der Waals surface area contributed by atoms with Crippen LogP contribution >= 0.6 is 0 Å². The molecule has 2 aromatic rings. The van der Waals surface area contributed by atoms with E-state index in [0.29, 0.717) is 6.54 Å². The number of carbonyl (C=O) groups excluding carboxylic acids is 1. The Kier molecular flexibility index (Phi) is 5.52. The Morgan fingerprint density at radius 2 is 1.52 bits per heavy atom. The average Bonchev–Trinajstić information content (AvgIpc) is 2.55. The zero-order valence-corrected chi connectivity index (χ0v) is 12.7. The van der Waals surface area contributed by atoms with E-state index in [0.717, 1.165) is 18.8 Å². The molecule has 0 heterocycles. The Morgan fingerprint density at radius 1 is 0.952 bits per heavy atom. The maximum absolute atomic E-state index is 12.4. The van der Waals surface area contributed by atoms with Gasteiger partial charge in [-0.2, -0.15) is 0 Å². The molecule has 21 heavy (non-hydrogen) atoms. The van der Waals surface area contributed by atoms with Gasteiger partial charge in [0.25, 0.3) is 0 Å². The molecule has 1 amide bonds. The van der Waals surface area contributed by atoms with Crippen molar-refractivity contribution in [2.24, 2.45) is 0 Å². The highest BCUT2D eigenvalue weighted by atomic mass is 16.2. The lowest BCUT2D eigenvalue weighted by atomic mass is 10.2. The monoisotopic (exact) mass is 282 g/mol. The van der Waals surface area contributed by atoms with Gasteiger partial charge in [-0.05, 0) is 24.2 Å². The lowest BCUT2D eigenvalue weighted by Crippen LogP contribution is -2.38. The van der Waals surface area contributed by atoms with Crippen molar-refractivity contribution in [1.82, 2.24) is 4.90 Å². The quantitative estimate of drug-likeness (QED) is 0.812. The molecule has 0 radical (unpaired) electrons. The first-order chi connectivity index (χ1) is 10.2. The molecule has 0 atom stereocenters. The zero-order valence-electron chi connectivity index (χ0n) is 12.7. The molecule has 0 fully saturated rings. The van der Waals surface area contributed by atoms with Gasteiger partial charge in [-0.3, -0.25) is 9.69 Å². The van der Waals surface area contributed by atoms with Gasteiger partial charge in [0.1, 0.15) is 0 Å². The van der Waals surface area contributed by atoms with Crippen LogP contribution in [0.15, 0.2) is 60.7 Å². The van der Waals surface area contributed by atoms with Crippen LogP contribution in [0.5, 0.6) is 0 Å². The minimum Gasteiger partial charge on any atom is -0.314 e. The smallest absolute Gasteiger partial charge is 0.240 e. The van der Waals surface area contributed by atoms with Crippen molar-refractivity contribution in [3.05, 3.63) is 66.2 Å². The fourth-order valence-corrected chi connectivity index (χ4v) is 2.21. The summed E-state index contributed by atoms with van der Waals surface area (Å²) in [6, 6.07) is 20.0. The van der Waals surface area contributed by atoms with Crippen LogP contribution in [0.1, 0.15) is 12.5 Å². The average molecular weight is 282 g/mol. The number of amides is 1. The van der Waals surface area contributed by atoms with E-state index in [-0.39, 0.29) is 5.91 Å². The summed E-state index contributed by atoms with van der Waals surface area (Å²) in [7, 11) is 1.83. The number of rotatable bonds is 6. The fourth-order valence-electron chi connectivity index (χ4n) is 2.21. The number of benzene rings is 2. The van der Waals surface area contributed by atoms with Crippen LogP contribution in [-0.2, 0) is 11.3 Å². The van der Waals surface area contributed by atoms with Crippen molar-refractivity contribution in [3.63, 3.8) is 0 Å². The molecular formula is C18H22N2O. The molecule has 0 spiro atoms. The Balaban J connectivity index is 1.96. The number of hydrogen-bond donors (Lipinski definition) is 0. The molecule has 0 bridgehead atoms. The predicted molar refractivity (Wildman–Crippen MR) is 87.2 cm³/mol. The van der Waals surface area contributed by atoms with E-state index in [1.807, 2.05) is 55.6 Å². The molecule has 0 aromatic heterocycles. The summed E-state index contributed by atoms with van der Waals surface area (Å²) in [6.07, 6.45) is 0. The van der Waals surface area contributed by atoms with Gasteiger partial charge >= 0.3 is 0 Å². The molecule has 0 aliphatic carbocycles. The summed E-state index contributed by atoms with van der Waals surface area (Å²) in [4.78, 5) is 16.3. The van der Waals surface area contributed by atoms with Crippen LogP contribution in [0.3, 0.4) is 0 Å². The molecule has 2 aromatic carbocycles. The first kappa shape index (κ1) is 15.3. The van der Waals surface area contributed by atoms with E-state index in [1.165, 1.54) is 5.56 Å². The third-order valence-electron chi connectivity index (χ3n) is 3.57. The topological polar surface area (TPSA) is 23.6 Å². The predicted octanol–water partition coefficient (Wildman–Crippen LogP) is 3.17. The number of para-hydroxylation sites is 1. The largest absolute Gasteiger partial charge is 0.314 e. The summed E-state index contributed by atoms with van der Waals surface area (Å²) >= 11 is 0. The molecular weight excluding hydrogens is 260 g/mol. The van der Waals surface area contributed by atoms with Gasteiger partial charge in [-0.1, -0.05) is 55.5 Å². The van der Waals surface area contributed by atoms with Gasteiger partial charge in [0.2, 0.25) is 5.91 Å². The van der Waals surface area contributed by atoms with Gasteiger partial charge in [0.15, 0.2) is 0 Å². The van der Waals surface area contributed by atoms with Crippen LogP contribution in [-0.4, -0.2) is 30.9 Å². The van der Waals surface area contributed by atoms with E-state index < -0.39 is 0 Å². The van der Waals surface area contributed by atoms with Crippen molar-refractivity contribution in [1.29, 1.82) is 0 Å². The maximum Gasteiger partial charge on any atom is 0.240 e. The second-order valence-electron chi connectivity index (χ2n) is 5.08. The molecule has 2 rings (SSSR count). The highest BCUT2D eigenvalue weighted by Crippen LogP contribution is 2.12. The van der Waals surface area contributed by atoms with Gasteiger partial charge in [0, 0.05) is 19.3 Å². The van der Waals surface area contributed by atoms with E-state index >= 15 is 0 Å². The van der Waals surface area contributed by atoms with Crippen molar-refractivity contribution >= 4 is 11.6 Å². The third kappa shape index (κ3) is 4.43. The highest BCUT2D eigenvalue weighted by molar-refractivity contribution is 5.94. The summed E-state index contributed by atoms with van der Waals surface area (Å²) in [5.41, 5.74) is 2.16. The normalized spacial score (nSPS) is 10.6. The molecule has 0 aliphatic heterocycles. The summed E-state index contributed by atoms with van der Waals surface area (Å²) in [6.45, 7) is 4.16. The van der Waals surface area contributed by atoms with Crippen molar-refractivity contribution < 1.29 is 4.79 Å². The minimum absolute atomic E-state index is 0.110. The molecule has 3 nitrogen and oxygen atoms in total. The standard InChI is InChI=1S/C18H22N2O/c1-3-20(14-16-10-6-4-7-11-16)15-18(21)19(2)17-12-8-5-9-13-17/h4-13H,3,14-15H2,1-2H3. The maximum atomic E-state index is 12.4. The Labute approximate surface area is 126 Å². The van der Waals surface area contributed by atoms with Gasteiger partial charge in [-0.15, -0.1) is 0 Å². The lowest BCUT2D eigenvalue weighted by molar-refractivity contribution is -0.119. The van der Waals surface area contributed by atoms with Gasteiger partial charge in [-0.25, -0.2) is 0 Å². The number of anilines is 1. The zero-order chi connectivity index (χ0) is 15.1. The molecule has 0 saturated heterocycles. The van der Waals surface area contributed by atoms with Crippen LogP contribution < -0.4 is 4.90 Å². The van der Waals surface area contributed by atoms with E-state index in [1.54, 1.807) is 4.90 Å². The SMILES string of the molecule is CCN(CC(=O)N(C)c1ccccc1)Cc1ccccc1. The number of hydrogen-bond acceptors (Lipinski definition) is 2. The minimum atomic E-state index is 0.110. The summed E-state index contributed by atoms with van der Waals surface area (Å²) < 4.78 is 0. The second-order valence-corrected chi connectivity index (χ2v) is 5.08. The molecule has 110 valence electrons. The molecule has 0 N–H and O–H groups in total. The van der Waals surface area contributed by atoms with Gasteiger partial charge < -0.3 is 4.90 Å². The Morgan fingerprint density at radius 3 is 2.10 bits per heavy atom. The number of likely N-dealkylation sites (N-methyl/N-ethyl adjacent to an activating group) is 2.